The van der Waals surface area contributed by atoms with Crippen molar-refractivity contribution >= 4 is 26.8 Å². The van der Waals surface area contributed by atoms with Crippen molar-refractivity contribution in [2.75, 3.05) is 0 Å². The first-order valence-electron chi connectivity index (χ1n) is 25.5. The van der Waals surface area contributed by atoms with Crippen molar-refractivity contribution in [3.05, 3.63) is 0 Å². The molecule has 0 aromatic carbocycles. The van der Waals surface area contributed by atoms with E-state index in [-0.39, 0.29) is 0 Å². The predicted molar refractivity (Wildman–Crippen MR) is 328 cm³/mol. The molecule has 0 aliphatic carbocycles. The molecule has 128 heavy (non-hydrogen) atoms. The summed E-state index contributed by atoms with van der Waals surface area (Å²) in [4.78, 5) is 0. The third-order valence-electron chi connectivity index (χ3n) is 5.03. The van der Waals surface area contributed by atoms with Gasteiger partial charge in [-0.05, 0) is 101 Å². The lowest BCUT2D eigenvalue weighted by molar-refractivity contribution is 0.722. The quantitative estimate of drug-likeness (QED) is 0.0200. The van der Waals surface area contributed by atoms with Gasteiger partial charge < -0.3 is 5.84 Å². The van der Waals surface area contributed by atoms with E-state index in [1.54, 1.807) is 0 Å². The summed E-state index contributed by atoms with van der Waals surface area (Å²) in [5.41, 5.74) is 0. The summed E-state index contributed by atoms with van der Waals surface area (Å²) in [5, 5.41) is 375. The Kier molecular flexibility index (Phi) is 82.7. The second kappa shape index (κ2) is 102. The molecule has 0 radical (unpaired) electrons. The number of hydrogen-bond acceptors (Lipinski definition) is 2. The van der Waals surface area contributed by atoms with Crippen LogP contribution in [0.1, 0.15) is 0 Å². The fraction of sp³-hybridized carbons (Fsp3) is 0. The van der Waals surface area contributed by atoms with E-state index in [0.717, 1.165) is 0 Å². The topological polar surface area (TPSA) is 1570 Å². The molecule has 0 aromatic heterocycles. The average molecular weight is 1910 g/mol. The highest BCUT2D eigenvalue weighted by Crippen LogP contribution is 2.01. The summed E-state index contributed by atoms with van der Waals surface area (Å²) in [6.07, 6.45) is 0. The van der Waals surface area contributed by atoms with Gasteiger partial charge >= 0.3 is 0 Å². The van der Waals surface area contributed by atoms with Gasteiger partial charge in [-0.2, -0.15) is 0 Å². The Morgan fingerprint density at radius 2 is 0.125 bits per heavy atom. The van der Waals surface area contributed by atoms with Crippen LogP contribution in [0.25, 0.3) is 0 Å². The fourth-order valence-corrected chi connectivity index (χ4v) is 2.34. The molecule has 0 aliphatic rings. The van der Waals surface area contributed by atoms with Gasteiger partial charge in [-0.15, -0.1) is 5.10 Å². The Morgan fingerprint density at radius 1 is 0.0781 bits per heavy atom. The second-order valence-corrected chi connectivity index (χ2v) is 11.9. The first-order valence-corrected chi connectivity index (χ1v) is 26.8. The van der Waals surface area contributed by atoms with Crippen molar-refractivity contribution in [3.63, 3.8) is 0 Å². The number of hydrogen-bond donors (Lipinski definition) is 1. The van der Waals surface area contributed by atoms with Gasteiger partial charge in [0, 0.05) is 564 Å². The van der Waals surface area contributed by atoms with Crippen LogP contribution in [-0.4, -0.2) is 4.22 Å². The molecular formula is CH3IN126. The molecule has 126 nitrogen and oxygen atoms in total. The normalized spacial score (nSPS) is 15.8. The van der Waals surface area contributed by atoms with E-state index in [9.17, 15) is 0 Å². The molecular weight excluding hydrogens is 1900 g/mol. The van der Waals surface area contributed by atoms with Crippen molar-refractivity contribution in [2.45, 2.75) is 0 Å². The Balaban J connectivity index is 4.14. The molecule has 0 atom stereocenters. The molecule has 0 aliphatic heterocycles. The Labute approximate surface area is 684 Å². The minimum atomic E-state index is 1.33. The number of nitrogens with zero attached hydrogens (tertiary/aromatic N) is 125. The minimum absolute atomic E-state index is 1.33. The molecule has 0 rings (SSSR count). The molecule has 0 heterocycles. The summed E-state index contributed by atoms with van der Waals surface area (Å²) < 4.78 is 1.33. The molecule has 2 N–H and O–H groups in total. The van der Waals surface area contributed by atoms with Crippen LogP contribution in [0.3, 0.4) is 0 Å². The molecule has 0 aromatic rings. The van der Waals surface area contributed by atoms with Crippen molar-refractivity contribution in [1.82, 2.24) is 0 Å². The standard InChI is InChI=1S/CH3IN126/c2-1-4-6-8-10-12-14-16-18-20-22-24-26-28-30-32-34-36-38-40-42-44-46-48-50-52-54-56-58-60-62-64-66-68-70-72-74-76-78-80-82-84-86-88-90-92-94-96-98-100-102-104-106-108-110-112-114-116-118-120-122-124-126-128-127-125-123-121-119-117-115-113-111-109-107-105-103-101-99-97-95-93-91-89-87-85-83-81-79-77-75-73-71-69-67-65-63-61-59-57-55-53-51-49-47-45-43-41-39-37-35-33-31-29-27-25-23-21-19-17-15-13-11-9-7-5-3/h1H,(H2,3,6,7,10,11,14,15,18,19,22,23,26,27,30,31,34,35,38,39,42,43,46,47,50,51,54,55,58,59,62,63,66,67,70,71,74,75,78,79,82,83,86,87,90,91,94,95,98,99,102,103,106,107,110,111,114,115,118,119,122,123,126,127). The van der Waals surface area contributed by atoms with E-state index >= 15 is 0 Å². The van der Waals surface area contributed by atoms with Crippen LogP contribution < -0.4 is 5.84 Å². The summed E-state index contributed by atoms with van der Waals surface area (Å²) in [5.74, 6) is 4.64. The van der Waals surface area contributed by atoms with Gasteiger partial charge in [0.05, 0.1) is 4.22 Å². The number of halogens is 1. The minimum Gasteiger partial charge on any atom is -0.303 e. The zero-order chi connectivity index (χ0) is 91.1. The molecule has 644 valence electrons. The van der Waals surface area contributed by atoms with Crippen molar-refractivity contribution < 1.29 is 0 Å². The predicted octanol–water partition coefficient (Wildman–Crippen LogP) is 23.1. The van der Waals surface area contributed by atoms with E-state index in [1.807, 2.05) is 22.6 Å². The van der Waals surface area contributed by atoms with Crippen LogP contribution in [0, 0.1) is 0 Å². The highest BCUT2D eigenvalue weighted by Gasteiger charge is 1.83. The molecule has 0 saturated heterocycles. The van der Waals surface area contributed by atoms with Gasteiger partial charge in [0.25, 0.3) is 0 Å². The van der Waals surface area contributed by atoms with Crippen LogP contribution in [0.5, 0.6) is 0 Å². The van der Waals surface area contributed by atoms with Gasteiger partial charge in [0.1, 0.15) is 0 Å². The van der Waals surface area contributed by atoms with E-state index in [1.165, 1.54) is 4.22 Å². The summed E-state index contributed by atoms with van der Waals surface area (Å²) in [7, 11) is 0. The largest absolute Gasteiger partial charge is 0.303 e. The fourth-order valence-electron chi connectivity index (χ4n) is 2.23. The molecule has 0 saturated carbocycles. The van der Waals surface area contributed by atoms with E-state index in [0.29, 0.717) is 0 Å². The maximum Gasteiger partial charge on any atom is 0.0897 e. The Hall–Kier alpha value is -24.6. The van der Waals surface area contributed by atoms with Crippen molar-refractivity contribution in [2.24, 2.45) is 659 Å². The Bertz CT molecular complexity index is 4420. The van der Waals surface area contributed by atoms with Gasteiger partial charge in [-0.25, -0.2) is 0 Å². The smallest absolute Gasteiger partial charge is 0.0897 e. The summed E-state index contributed by atoms with van der Waals surface area (Å²) in [6.45, 7) is 0. The monoisotopic (exact) mass is 1910 g/mol. The van der Waals surface area contributed by atoms with Gasteiger partial charge in [0.15, 0.2) is 0 Å². The molecule has 0 amide bonds. The molecule has 0 unspecified atom stereocenters. The molecule has 0 bridgehead atoms. The number of rotatable bonds is 62. The highest BCUT2D eigenvalue weighted by molar-refractivity contribution is 14.1. The van der Waals surface area contributed by atoms with E-state index in [2.05, 4.69) is 659 Å². The SMILES string of the molecule is NN=NN=NN=NN=NN=NN=NN=NN=NN=NN=NN=NN=NN=NN=NN=NN=NN=NN=NN=NN=NN=NN=NN=NN=NN=NN=NN=NN=NN=NN=NN=NN=NN=NN=NN=NN=NN=NN=NN=NN=NN=NN=NN=NN=NN=NN=NN=NN=NN=NN=NN=NN=NN=NN=NN=NN=NN=NN=NN=NN=NN=NN=NN=CI. The van der Waals surface area contributed by atoms with Crippen LogP contribution in [0.15, 0.2) is 653 Å². The van der Waals surface area contributed by atoms with Crippen LogP contribution >= 0.6 is 22.6 Å². The lowest BCUT2D eigenvalue weighted by Gasteiger charge is -1.71. The summed E-state index contributed by atoms with van der Waals surface area (Å²) >= 11 is 1.81. The highest BCUT2D eigenvalue weighted by atomic mass is 127. The summed E-state index contributed by atoms with van der Waals surface area (Å²) in [6, 6.07) is 0. The third-order valence-corrected chi connectivity index (χ3v) is 5.28. The maximum atomic E-state index is 4.64. The van der Waals surface area contributed by atoms with Crippen molar-refractivity contribution in [3.8, 4) is 0 Å². The lowest BCUT2D eigenvalue weighted by Crippen LogP contribution is -1.70. The average Bonchev–Trinajstić information content (AvgIpc) is 1.15. The van der Waals surface area contributed by atoms with E-state index < -0.39 is 0 Å². The van der Waals surface area contributed by atoms with Gasteiger partial charge in [-0.1, -0.05) is 5.22 Å². The molecule has 127 heteroatoms. The third kappa shape index (κ3) is 101. The van der Waals surface area contributed by atoms with Gasteiger partial charge in [0.2, 0.25) is 0 Å². The van der Waals surface area contributed by atoms with Crippen LogP contribution in [0.4, 0.5) is 0 Å². The first-order chi connectivity index (χ1) is 63.9. The number of nitrogens with two attached hydrogens (primary N) is 1. The first kappa shape index (κ1) is 103. The van der Waals surface area contributed by atoms with E-state index in [4.69, 9.17) is 0 Å². The molecule has 0 spiro atoms. The van der Waals surface area contributed by atoms with Crippen molar-refractivity contribution in [1.29, 1.82) is 0 Å². The Morgan fingerprint density at radius 3 is 0.172 bits per heavy atom. The lowest BCUT2D eigenvalue weighted by atomic mass is 11.7. The second-order valence-electron chi connectivity index (χ2n) is 11.3. The van der Waals surface area contributed by atoms with Crippen LogP contribution in [-0.2, 0) is 0 Å². The zero-order valence-corrected chi connectivity index (χ0v) is 59.6. The van der Waals surface area contributed by atoms with Gasteiger partial charge in [-0.3, -0.25) is 0 Å². The zero-order valence-electron chi connectivity index (χ0n) is 57.4. The van der Waals surface area contributed by atoms with Crippen LogP contribution in [0.2, 0.25) is 0 Å². The molecule has 0 fully saturated rings. The maximum absolute atomic E-state index is 4.64.